The Bertz CT molecular complexity index is 44.1. The molecule has 0 atom stereocenters. The Hall–Kier alpha value is 0.200. The topological polar surface area (TPSA) is 37.3 Å². The summed E-state index contributed by atoms with van der Waals surface area (Å²) in [6.45, 7) is 1.60. The van der Waals surface area contributed by atoms with Crippen LogP contribution in [0.25, 0.3) is 0 Å². The molecule has 0 aromatic carbocycles. The molecule has 0 spiro atoms. The Balaban J connectivity index is 0. The summed E-state index contributed by atoms with van der Waals surface area (Å²) >= 11 is 0. The van der Waals surface area contributed by atoms with Crippen molar-refractivity contribution in [2.24, 2.45) is 0 Å². The number of rotatable bonds is 1. The fraction of sp³-hybridized carbons (Fsp3) is 0.667. The van der Waals surface area contributed by atoms with Crippen LogP contribution in [0.1, 0.15) is 13.3 Å². The second-order valence-corrected chi connectivity index (χ2v) is 0.747. The van der Waals surface area contributed by atoms with Crippen molar-refractivity contribution in [2.75, 3.05) is 0 Å². The molecule has 0 rings (SSSR count). The summed E-state index contributed by atoms with van der Waals surface area (Å²) in [5, 5.41) is 7.72. The van der Waals surface area contributed by atoms with Gasteiger partial charge in [0.2, 0.25) is 0 Å². The van der Waals surface area contributed by atoms with Crippen molar-refractivity contribution >= 4 is 29.9 Å². The van der Waals surface area contributed by atoms with Crippen LogP contribution in [0, 0.1) is 0 Å². The van der Waals surface area contributed by atoms with Crippen LogP contribution in [0.4, 0.5) is 0 Å². The van der Waals surface area contributed by atoms with E-state index in [1.165, 1.54) is 0 Å². The SMILES string of the molecule is CCC(=O)O.I. The van der Waals surface area contributed by atoms with Crippen molar-refractivity contribution in [3.63, 3.8) is 0 Å². The molecule has 1 N–H and O–H groups in total. The Morgan fingerprint density at radius 1 is 1.83 bits per heavy atom. The minimum Gasteiger partial charge on any atom is -0.481 e. The van der Waals surface area contributed by atoms with Crippen LogP contribution in [0.15, 0.2) is 0 Å². The maximum Gasteiger partial charge on any atom is 0.303 e. The van der Waals surface area contributed by atoms with E-state index in [4.69, 9.17) is 5.11 Å². The molecule has 0 amide bonds. The normalized spacial score (nSPS) is 6.17. The first kappa shape index (κ1) is 9.50. The molecule has 6 heavy (non-hydrogen) atoms. The van der Waals surface area contributed by atoms with E-state index < -0.39 is 5.97 Å². The number of carboxylic acids is 1. The van der Waals surface area contributed by atoms with Crippen LogP contribution < -0.4 is 0 Å². The van der Waals surface area contributed by atoms with Gasteiger partial charge >= 0.3 is 5.97 Å². The van der Waals surface area contributed by atoms with Crippen molar-refractivity contribution in [1.29, 1.82) is 0 Å². The van der Waals surface area contributed by atoms with Gasteiger partial charge in [-0.2, -0.15) is 0 Å². The van der Waals surface area contributed by atoms with Gasteiger partial charge in [0.05, 0.1) is 0 Å². The highest BCUT2D eigenvalue weighted by Crippen LogP contribution is 1.67. The molecule has 0 aromatic rings. The van der Waals surface area contributed by atoms with Crippen LogP contribution in [-0.4, -0.2) is 11.1 Å². The highest BCUT2D eigenvalue weighted by molar-refractivity contribution is 14.0. The van der Waals surface area contributed by atoms with E-state index in [0.29, 0.717) is 0 Å². The van der Waals surface area contributed by atoms with E-state index in [2.05, 4.69) is 0 Å². The minimum absolute atomic E-state index is 0. The summed E-state index contributed by atoms with van der Waals surface area (Å²) in [4.78, 5) is 9.37. The van der Waals surface area contributed by atoms with E-state index >= 15 is 0 Å². The third kappa shape index (κ3) is 8.89. The van der Waals surface area contributed by atoms with Gasteiger partial charge in [-0.25, -0.2) is 0 Å². The monoisotopic (exact) mass is 202 g/mol. The molecule has 0 saturated carbocycles. The lowest BCUT2D eigenvalue weighted by atomic mass is 10.5. The lowest BCUT2D eigenvalue weighted by Crippen LogP contribution is -1.86. The summed E-state index contributed by atoms with van der Waals surface area (Å²) in [5.41, 5.74) is 0. The summed E-state index contributed by atoms with van der Waals surface area (Å²) in [5.74, 6) is -0.745. The average molecular weight is 202 g/mol. The molecular weight excluding hydrogens is 195 g/mol. The molecule has 3 heteroatoms. The average Bonchev–Trinajstić information content (AvgIpc) is 1.38. The van der Waals surface area contributed by atoms with Gasteiger partial charge in [-0.1, -0.05) is 6.92 Å². The molecule has 0 fully saturated rings. The second-order valence-electron chi connectivity index (χ2n) is 0.747. The summed E-state index contributed by atoms with van der Waals surface area (Å²) < 4.78 is 0. The van der Waals surface area contributed by atoms with Crippen LogP contribution in [0.2, 0.25) is 0 Å². The van der Waals surface area contributed by atoms with Crippen LogP contribution >= 0.6 is 24.0 Å². The first-order valence-corrected chi connectivity index (χ1v) is 1.49. The fourth-order valence-electron chi connectivity index (χ4n) is 0. The van der Waals surface area contributed by atoms with Gasteiger partial charge < -0.3 is 5.11 Å². The van der Waals surface area contributed by atoms with Crippen molar-refractivity contribution in [3.8, 4) is 0 Å². The standard InChI is InChI=1S/C3H6O2.HI/c1-2-3(4)5;/h2H2,1H3,(H,4,5);1H. The number of halogens is 1. The molecule has 0 aromatic heterocycles. The third-order valence-electron chi connectivity index (χ3n) is 0.302. The minimum atomic E-state index is -0.745. The second kappa shape index (κ2) is 5.20. The van der Waals surface area contributed by atoms with Crippen molar-refractivity contribution in [1.82, 2.24) is 0 Å². The predicted molar refractivity (Wildman–Crippen MR) is 33.3 cm³/mol. The number of carboxylic acid groups (broad SMARTS) is 1. The smallest absolute Gasteiger partial charge is 0.303 e. The zero-order valence-electron chi connectivity index (χ0n) is 3.47. The van der Waals surface area contributed by atoms with E-state index in [1.54, 1.807) is 6.92 Å². The number of aliphatic carboxylic acids is 1. The van der Waals surface area contributed by atoms with Gasteiger partial charge in [0.25, 0.3) is 0 Å². The quantitative estimate of drug-likeness (QED) is 0.646. The largest absolute Gasteiger partial charge is 0.481 e. The van der Waals surface area contributed by atoms with E-state index in [0.717, 1.165) is 0 Å². The third-order valence-corrected chi connectivity index (χ3v) is 0.302. The molecule has 38 valence electrons. The molecule has 0 bridgehead atoms. The molecule has 0 aliphatic heterocycles. The van der Waals surface area contributed by atoms with Gasteiger partial charge in [0.15, 0.2) is 0 Å². The van der Waals surface area contributed by atoms with Gasteiger partial charge in [-0.05, 0) is 0 Å². The Morgan fingerprint density at radius 3 is 2.00 bits per heavy atom. The predicted octanol–water partition coefficient (Wildman–Crippen LogP) is 1.10. The number of hydrogen-bond donors (Lipinski definition) is 1. The van der Waals surface area contributed by atoms with E-state index in [9.17, 15) is 4.79 Å². The first-order valence-electron chi connectivity index (χ1n) is 1.49. The Kier molecular flexibility index (Phi) is 8.24. The van der Waals surface area contributed by atoms with Gasteiger partial charge in [-0.3, -0.25) is 4.79 Å². The highest BCUT2D eigenvalue weighted by atomic mass is 127. The summed E-state index contributed by atoms with van der Waals surface area (Å²) in [6, 6.07) is 0. The molecule has 0 radical (unpaired) electrons. The van der Waals surface area contributed by atoms with Crippen molar-refractivity contribution in [3.05, 3.63) is 0 Å². The Morgan fingerprint density at radius 2 is 2.00 bits per heavy atom. The van der Waals surface area contributed by atoms with Gasteiger partial charge in [0, 0.05) is 6.42 Å². The number of hydrogen-bond acceptors (Lipinski definition) is 1. The maximum absolute atomic E-state index is 9.37. The highest BCUT2D eigenvalue weighted by Gasteiger charge is 1.80. The summed E-state index contributed by atoms with van der Waals surface area (Å²) in [6.07, 6.45) is 0.222. The first-order chi connectivity index (χ1) is 2.27. The van der Waals surface area contributed by atoms with E-state index in [-0.39, 0.29) is 30.4 Å². The molecule has 2 nitrogen and oxygen atoms in total. The molecule has 0 heterocycles. The fourth-order valence-corrected chi connectivity index (χ4v) is 0. The van der Waals surface area contributed by atoms with Gasteiger partial charge in [0.1, 0.15) is 0 Å². The van der Waals surface area contributed by atoms with Crippen LogP contribution in [0.5, 0.6) is 0 Å². The van der Waals surface area contributed by atoms with Crippen molar-refractivity contribution < 1.29 is 9.90 Å². The molecular formula is C3H7IO2. The van der Waals surface area contributed by atoms with E-state index in [1.807, 2.05) is 0 Å². The lowest BCUT2D eigenvalue weighted by molar-refractivity contribution is -0.136. The van der Waals surface area contributed by atoms with Crippen LogP contribution in [-0.2, 0) is 4.79 Å². The maximum atomic E-state index is 9.37. The molecule has 0 aliphatic rings. The Labute approximate surface area is 53.6 Å². The van der Waals surface area contributed by atoms with Crippen molar-refractivity contribution in [2.45, 2.75) is 13.3 Å². The van der Waals surface area contributed by atoms with Crippen LogP contribution in [0.3, 0.4) is 0 Å². The molecule has 0 aliphatic carbocycles. The summed E-state index contributed by atoms with van der Waals surface area (Å²) in [7, 11) is 0. The van der Waals surface area contributed by atoms with Gasteiger partial charge in [-0.15, -0.1) is 24.0 Å². The molecule has 0 saturated heterocycles. The zero-order chi connectivity index (χ0) is 4.28. The zero-order valence-corrected chi connectivity index (χ0v) is 5.80. The molecule has 0 unspecified atom stereocenters. The lowest BCUT2D eigenvalue weighted by Gasteiger charge is -1.71. The number of carbonyl (C=O) groups is 1.